The van der Waals surface area contributed by atoms with Crippen LogP contribution in [-0.4, -0.2) is 41.6 Å². The van der Waals surface area contributed by atoms with Crippen LogP contribution in [0.5, 0.6) is 11.5 Å². The summed E-state index contributed by atoms with van der Waals surface area (Å²) < 4.78 is 17.0. The lowest BCUT2D eigenvalue weighted by molar-refractivity contribution is 0.0685. The maximum atomic E-state index is 13.1. The Morgan fingerprint density at radius 1 is 1.26 bits per heavy atom. The van der Waals surface area contributed by atoms with Crippen molar-refractivity contribution in [1.82, 2.24) is 4.90 Å². The Kier molecular flexibility index (Phi) is 4.51. The Balaban J connectivity index is 1.66. The summed E-state index contributed by atoms with van der Waals surface area (Å²) in [6.45, 7) is 3.36. The second-order valence-corrected chi connectivity index (χ2v) is 6.63. The molecule has 0 bridgehead atoms. The molecule has 7 nitrogen and oxygen atoms in total. The van der Waals surface area contributed by atoms with Crippen molar-refractivity contribution < 1.29 is 28.6 Å². The molecule has 1 fully saturated rings. The molecular formula is C20H21NO6. The van der Waals surface area contributed by atoms with Gasteiger partial charge in [-0.1, -0.05) is 19.1 Å². The number of aromatic carboxylic acids is 1. The lowest BCUT2D eigenvalue weighted by Crippen LogP contribution is -2.31. The van der Waals surface area contributed by atoms with Crippen molar-refractivity contribution in [2.45, 2.75) is 32.2 Å². The van der Waals surface area contributed by atoms with Gasteiger partial charge in [0.05, 0.1) is 6.04 Å². The number of likely N-dealkylation sites (tertiary alicyclic amines) is 1. The van der Waals surface area contributed by atoms with Crippen LogP contribution in [0, 0.1) is 0 Å². The third kappa shape index (κ3) is 3.03. The molecule has 2 aliphatic rings. The van der Waals surface area contributed by atoms with E-state index in [1.807, 2.05) is 18.2 Å². The number of furan rings is 1. The smallest absolute Gasteiger partial charge is 0.339 e. The Hall–Kier alpha value is -2.96. The molecule has 1 amide bonds. The van der Waals surface area contributed by atoms with Gasteiger partial charge in [-0.25, -0.2) is 4.79 Å². The second kappa shape index (κ2) is 6.98. The van der Waals surface area contributed by atoms with Gasteiger partial charge in [-0.05, 0) is 18.9 Å². The minimum Gasteiger partial charge on any atom is -0.486 e. The van der Waals surface area contributed by atoms with E-state index < -0.39 is 5.97 Å². The molecule has 1 atom stereocenters. The average molecular weight is 371 g/mol. The number of aryl methyl sites for hydroxylation is 1. The first-order valence-electron chi connectivity index (χ1n) is 9.15. The molecule has 1 aromatic heterocycles. The maximum Gasteiger partial charge on any atom is 0.339 e. The van der Waals surface area contributed by atoms with Gasteiger partial charge >= 0.3 is 5.97 Å². The normalized spacial score (nSPS) is 18.6. The van der Waals surface area contributed by atoms with Crippen LogP contribution >= 0.6 is 0 Å². The molecule has 2 aliphatic heterocycles. The topological polar surface area (TPSA) is 89.2 Å². The summed E-state index contributed by atoms with van der Waals surface area (Å²) >= 11 is 0. The van der Waals surface area contributed by atoms with E-state index in [0.717, 1.165) is 18.4 Å². The highest BCUT2D eigenvalue weighted by molar-refractivity contribution is 5.96. The largest absolute Gasteiger partial charge is 0.486 e. The van der Waals surface area contributed by atoms with Crippen LogP contribution in [-0.2, 0) is 6.42 Å². The van der Waals surface area contributed by atoms with E-state index in [1.54, 1.807) is 11.8 Å². The van der Waals surface area contributed by atoms with E-state index in [4.69, 9.17) is 13.9 Å². The number of ether oxygens (including phenoxy) is 2. The molecule has 27 heavy (non-hydrogen) atoms. The van der Waals surface area contributed by atoms with Gasteiger partial charge in [0.1, 0.15) is 24.5 Å². The number of rotatable bonds is 4. The molecule has 0 aliphatic carbocycles. The molecule has 0 spiro atoms. The fourth-order valence-electron chi connectivity index (χ4n) is 3.81. The van der Waals surface area contributed by atoms with Crippen molar-refractivity contribution in [1.29, 1.82) is 0 Å². The molecule has 1 N–H and O–H groups in total. The van der Waals surface area contributed by atoms with Gasteiger partial charge in [0.15, 0.2) is 17.3 Å². The Labute approximate surface area is 156 Å². The van der Waals surface area contributed by atoms with E-state index in [1.165, 1.54) is 6.07 Å². The third-order valence-electron chi connectivity index (χ3n) is 5.04. The van der Waals surface area contributed by atoms with Crippen molar-refractivity contribution in [2.24, 2.45) is 0 Å². The van der Waals surface area contributed by atoms with Crippen LogP contribution in [0.2, 0.25) is 0 Å². The number of benzene rings is 1. The zero-order valence-electron chi connectivity index (χ0n) is 15.1. The Bertz CT molecular complexity index is 887. The number of amides is 1. The number of carboxylic acids is 1. The first-order chi connectivity index (χ1) is 13.1. The minimum absolute atomic E-state index is 0.0467. The average Bonchev–Trinajstić information content (AvgIpc) is 3.34. The van der Waals surface area contributed by atoms with E-state index in [9.17, 15) is 14.7 Å². The number of nitrogens with zero attached hydrogens (tertiary/aromatic N) is 1. The molecule has 7 heteroatoms. The molecule has 0 saturated carbocycles. The van der Waals surface area contributed by atoms with Crippen LogP contribution in [0.4, 0.5) is 0 Å². The molecule has 4 rings (SSSR count). The molecule has 142 valence electrons. The molecule has 1 saturated heterocycles. The van der Waals surface area contributed by atoms with E-state index in [0.29, 0.717) is 43.4 Å². The van der Waals surface area contributed by atoms with Gasteiger partial charge < -0.3 is 23.9 Å². The SMILES string of the molecule is CCc1oc(C(=O)N2CCCC2c2cccc3c2OCCO3)cc1C(=O)O. The lowest BCUT2D eigenvalue weighted by Gasteiger charge is -2.28. The first-order valence-corrected chi connectivity index (χ1v) is 9.15. The zero-order chi connectivity index (χ0) is 19.0. The highest BCUT2D eigenvalue weighted by Gasteiger charge is 2.35. The number of hydrogen-bond acceptors (Lipinski definition) is 5. The monoisotopic (exact) mass is 371 g/mol. The summed E-state index contributed by atoms with van der Waals surface area (Å²) in [4.78, 5) is 26.2. The number of hydrogen-bond donors (Lipinski definition) is 1. The van der Waals surface area contributed by atoms with Crippen molar-refractivity contribution in [3.05, 3.63) is 46.9 Å². The van der Waals surface area contributed by atoms with Crippen molar-refractivity contribution in [3.8, 4) is 11.5 Å². The highest BCUT2D eigenvalue weighted by atomic mass is 16.6. The van der Waals surface area contributed by atoms with Crippen LogP contribution in [0.25, 0.3) is 0 Å². The Morgan fingerprint density at radius 2 is 2.07 bits per heavy atom. The molecule has 3 heterocycles. The first kappa shape index (κ1) is 17.5. The number of carboxylic acid groups (broad SMARTS) is 1. The van der Waals surface area contributed by atoms with Gasteiger partial charge in [-0.3, -0.25) is 4.79 Å². The molecule has 0 radical (unpaired) electrons. The summed E-state index contributed by atoms with van der Waals surface area (Å²) in [6, 6.07) is 6.88. The summed E-state index contributed by atoms with van der Waals surface area (Å²) in [5.41, 5.74) is 0.962. The van der Waals surface area contributed by atoms with Gasteiger partial charge in [0.25, 0.3) is 5.91 Å². The Morgan fingerprint density at radius 3 is 2.81 bits per heavy atom. The summed E-state index contributed by atoms with van der Waals surface area (Å²) in [5, 5.41) is 9.30. The van der Waals surface area contributed by atoms with E-state index in [-0.39, 0.29) is 23.3 Å². The molecular weight excluding hydrogens is 350 g/mol. The number of fused-ring (bicyclic) bond motifs is 1. The summed E-state index contributed by atoms with van der Waals surface area (Å²) in [6.07, 6.45) is 2.07. The summed E-state index contributed by atoms with van der Waals surface area (Å²) in [5.74, 6) is 0.378. The lowest BCUT2D eigenvalue weighted by atomic mass is 10.0. The fraction of sp³-hybridized carbons (Fsp3) is 0.400. The third-order valence-corrected chi connectivity index (χ3v) is 5.04. The maximum absolute atomic E-state index is 13.1. The standard InChI is InChI=1S/C20H21NO6/c1-2-15-13(20(23)24)11-17(27-15)19(22)21-8-4-6-14(21)12-5-3-7-16-18(12)26-10-9-25-16/h3,5,7,11,14H,2,4,6,8-10H2,1H3,(H,23,24). The van der Waals surface area contributed by atoms with Crippen molar-refractivity contribution >= 4 is 11.9 Å². The van der Waals surface area contributed by atoms with Crippen LogP contribution in [0.3, 0.4) is 0 Å². The molecule has 2 aromatic rings. The fourth-order valence-corrected chi connectivity index (χ4v) is 3.81. The van der Waals surface area contributed by atoms with Crippen LogP contribution < -0.4 is 9.47 Å². The van der Waals surface area contributed by atoms with Gasteiger partial charge in [-0.2, -0.15) is 0 Å². The van der Waals surface area contributed by atoms with Crippen molar-refractivity contribution in [2.75, 3.05) is 19.8 Å². The van der Waals surface area contributed by atoms with Crippen LogP contribution in [0.1, 0.15) is 58.0 Å². The number of para-hydroxylation sites is 1. The highest BCUT2D eigenvalue weighted by Crippen LogP contribution is 2.43. The van der Waals surface area contributed by atoms with Gasteiger partial charge in [-0.15, -0.1) is 0 Å². The quantitative estimate of drug-likeness (QED) is 0.887. The summed E-state index contributed by atoms with van der Waals surface area (Å²) in [7, 11) is 0. The van der Waals surface area contributed by atoms with Gasteiger partial charge in [0, 0.05) is 24.6 Å². The number of carbonyl (C=O) groups is 2. The number of carbonyl (C=O) groups excluding carboxylic acids is 1. The zero-order valence-corrected chi connectivity index (χ0v) is 15.1. The predicted molar refractivity (Wildman–Crippen MR) is 95.5 cm³/mol. The minimum atomic E-state index is -1.09. The molecule has 1 unspecified atom stereocenters. The predicted octanol–water partition coefficient (Wildman–Crippen LogP) is 3.29. The van der Waals surface area contributed by atoms with Crippen molar-refractivity contribution in [3.63, 3.8) is 0 Å². The van der Waals surface area contributed by atoms with E-state index >= 15 is 0 Å². The second-order valence-electron chi connectivity index (χ2n) is 6.63. The van der Waals surface area contributed by atoms with Gasteiger partial charge in [0.2, 0.25) is 0 Å². The van der Waals surface area contributed by atoms with Crippen LogP contribution in [0.15, 0.2) is 28.7 Å². The van der Waals surface area contributed by atoms with E-state index in [2.05, 4.69) is 0 Å². The molecule has 1 aromatic carbocycles.